The van der Waals surface area contributed by atoms with Crippen LogP contribution in [0.25, 0.3) is 0 Å². The van der Waals surface area contributed by atoms with Crippen LogP contribution in [-0.2, 0) is 14.3 Å². The SMILES string of the molecule is C[C@H](CCCC(C)(C)OC(=O)CCSSCCC(=O)O)[C@H]1CC[C@@]2(C)C3=C(CC[C@]12C)[C@@]1(C)CC(F)C(O)C(C)(C)[C@@H]1CC3. The molecular formula is C36H59FO5S2. The van der Waals surface area contributed by atoms with E-state index in [1.165, 1.54) is 34.4 Å². The van der Waals surface area contributed by atoms with Crippen LogP contribution >= 0.6 is 21.6 Å². The maximum absolute atomic E-state index is 15.3. The Morgan fingerprint density at radius 2 is 1.68 bits per heavy atom. The number of carboxylic acids is 1. The first-order valence-corrected chi connectivity index (χ1v) is 19.6. The second kappa shape index (κ2) is 13.4. The van der Waals surface area contributed by atoms with Gasteiger partial charge in [0.05, 0.1) is 18.9 Å². The molecule has 0 bridgehead atoms. The van der Waals surface area contributed by atoms with Gasteiger partial charge >= 0.3 is 11.9 Å². The number of aliphatic hydroxyl groups is 1. The van der Waals surface area contributed by atoms with Gasteiger partial charge in [-0.3, -0.25) is 9.59 Å². The van der Waals surface area contributed by atoms with Crippen molar-refractivity contribution in [1.29, 1.82) is 0 Å². The van der Waals surface area contributed by atoms with E-state index in [0.29, 0.717) is 42.1 Å². The van der Waals surface area contributed by atoms with E-state index in [1.54, 1.807) is 11.1 Å². The van der Waals surface area contributed by atoms with Crippen molar-refractivity contribution in [3.05, 3.63) is 11.1 Å². The second-order valence-corrected chi connectivity index (χ2v) is 19.2. The molecule has 0 aromatic heterocycles. The minimum Gasteiger partial charge on any atom is -0.481 e. The molecule has 8 atom stereocenters. The number of carboxylic acid groups (broad SMARTS) is 1. The maximum atomic E-state index is 15.3. The summed E-state index contributed by atoms with van der Waals surface area (Å²) < 4.78 is 21.2. The molecule has 2 unspecified atom stereocenters. The lowest BCUT2D eigenvalue weighted by molar-refractivity contribution is -0.156. The third kappa shape index (κ3) is 6.79. The fraction of sp³-hybridized carbons (Fsp3) is 0.889. The summed E-state index contributed by atoms with van der Waals surface area (Å²) in [7, 11) is 3.02. The molecule has 0 amide bonds. The van der Waals surface area contributed by atoms with Gasteiger partial charge in [-0.1, -0.05) is 80.7 Å². The van der Waals surface area contributed by atoms with Crippen molar-refractivity contribution in [2.75, 3.05) is 11.5 Å². The fourth-order valence-electron chi connectivity index (χ4n) is 10.6. The Kier molecular flexibility index (Phi) is 11.0. The summed E-state index contributed by atoms with van der Waals surface area (Å²) in [5.74, 6) is 1.74. The Balaban J connectivity index is 1.33. The summed E-state index contributed by atoms with van der Waals surface area (Å²) in [5.41, 5.74) is 2.50. The second-order valence-electron chi connectivity index (χ2n) is 16.5. The van der Waals surface area contributed by atoms with Crippen molar-refractivity contribution in [3.8, 4) is 0 Å². The van der Waals surface area contributed by atoms with Gasteiger partial charge in [0.1, 0.15) is 11.8 Å². The molecular weight excluding hydrogens is 596 g/mol. The molecule has 0 saturated heterocycles. The van der Waals surface area contributed by atoms with E-state index in [9.17, 15) is 14.7 Å². The Morgan fingerprint density at radius 3 is 2.34 bits per heavy atom. The topological polar surface area (TPSA) is 83.8 Å². The number of esters is 1. The summed E-state index contributed by atoms with van der Waals surface area (Å²) in [6.07, 6.45) is 8.69. The molecule has 4 aliphatic rings. The number of rotatable bonds is 13. The zero-order chi connectivity index (χ0) is 32.7. The Morgan fingerprint density at radius 1 is 1.02 bits per heavy atom. The van der Waals surface area contributed by atoms with Crippen LogP contribution in [0, 0.1) is 39.4 Å². The van der Waals surface area contributed by atoms with Crippen LogP contribution in [0.2, 0.25) is 0 Å². The van der Waals surface area contributed by atoms with Crippen molar-refractivity contribution in [1.82, 2.24) is 0 Å². The van der Waals surface area contributed by atoms with E-state index >= 15 is 4.39 Å². The maximum Gasteiger partial charge on any atom is 0.307 e. The smallest absolute Gasteiger partial charge is 0.307 e. The largest absolute Gasteiger partial charge is 0.481 e. The first kappa shape index (κ1) is 36.1. The Labute approximate surface area is 274 Å². The van der Waals surface area contributed by atoms with Gasteiger partial charge in [-0.25, -0.2) is 4.39 Å². The number of aliphatic carboxylic acids is 1. The van der Waals surface area contributed by atoms with E-state index in [2.05, 4.69) is 41.5 Å². The third-order valence-corrected chi connectivity index (χ3v) is 15.5. The highest BCUT2D eigenvalue weighted by Gasteiger charge is 2.64. The van der Waals surface area contributed by atoms with Crippen LogP contribution in [0.3, 0.4) is 0 Å². The number of aliphatic hydroxyl groups excluding tert-OH is 1. The van der Waals surface area contributed by atoms with Gasteiger partial charge in [0.15, 0.2) is 0 Å². The van der Waals surface area contributed by atoms with Gasteiger partial charge < -0.3 is 14.9 Å². The number of carbonyl (C=O) groups excluding carboxylic acids is 1. The van der Waals surface area contributed by atoms with Crippen molar-refractivity contribution in [2.24, 2.45) is 39.4 Å². The van der Waals surface area contributed by atoms with E-state index in [1.807, 2.05) is 13.8 Å². The van der Waals surface area contributed by atoms with E-state index in [0.717, 1.165) is 44.9 Å². The molecule has 0 aromatic rings. The zero-order valence-electron chi connectivity index (χ0n) is 28.6. The highest BCUT2D eigenvalue weighted by molar-refractivity contribution is 8.76. The molecule has 2 fully saturated rings. The summed E-state index contributed by atoms with van der Waals surface area (Å²) >= 11 is 0. The highest BCUT2D eigenvalue weighted by atomic mass is 33.1. The molecule has 5 nitrogen and oxygen atoms in total. The first-order chi connectivity index (χ1) is 20.4. The number of fused-ring (bicyclic) bond motifs is 4. The quantitative estimate of drug-likeness (QED) is 0.0886. The average Bonchev–Trinajstić information content (AvgIpc) is 3.20. The minimum absolute atomic E-state index is 0.136. The minimum atomic E-state index is -1.16. The molecule has 0 heterocycles. The molecule has 0 aliphatic heterocycles. The summed E-state index contributed by atoms with van der Waals surface area (Å²) in [6.45, 7) is 18.0. The lowest BCUT2D eigenvalue weighted by Crippen LogP contribution is -2.58. The molecule has 4 rings (SSSR count). The van der Waals surface area contributed by atoms with Crippen LogP contribution in [0.5, 0.6) is 0 Å². The molecule has 2 N–H and O–H groups in total. The van der Waals surface area contributed by atoms with Gasteiger partial charge in [0.2, 0.25) is 0 Å². The fourth-order valence-corrected chi connectivity index (χ4v) is 12.5. The van der Waals surface area contributed by atoms with Crippen molar-refractivity contribution >= 4 is 33.5 Å². The number of ether oxygens (including phenoxy) is 1. The number of allylic oxidation sites excluding steroid dienone is 2. The van der Waals surface area contributed by atoms with Crippen LogP contribution in [-0.4, -0.2) is 51.5 Å². The molecule has 8 heteroatoms. The summed E-state index contributed by atoms with van der Waals surface area (Å²) in [5, 5.41) is 19.5. The molecule has 0 spiro atoms. The molecule has 4 aliphatic carbocycles. The monoisotopic (exact) mass is 654 g/mol. The number of carbonyl (C=O) groups is 2. The summed E-state index contributed by atoms with van der Waals surface area (Å²) in [4.78, 5) is 23.1. The number of hydrogen-bond donors (Lipinski definition) is 2. The van der Waals surface area contributed by atoms with Crippen molar-refractivity contribution < 1.29 is 28.9 Å². The standard InChI is InChI=1S/C36H59FO5S2/c1-23(10-9-17-32(2,3)42-30(40)16-21-44-43-20-15-29(38)39)24-13-18-36(8)26-11-12-28-33(4,5)31(41)27(37)22-34(28,6)25(26)14-19-35(24,36)7/h23-24,27-28,31,41H,9-22H2,1-8H3,(H,38,39)/t23-,24-,27?,28+,31?,34-,35-,36+/m1/s1. The highest BCUT2D eigenvalue weighted by Crippen LogP contribution is 2.72. The lowest BCUT2D eigenvalue weighted by Gasteiger charge is -2.62. The zero-order valence-corrected chi connectivity index (χ0v) is 30.2. The van der Waals surface area contributed by atoms with Gasteiger partial charge in [0.25, 0.3) is 0 Å². The predicted octanol–water partition coefficient (Wildman–Crippen LogP) is 9.42. The van der Waals surface area contributed by atoms with Crippen LogP contribution in [0.4, 0.5) is 4.39 Å². The Hall–Kier alpha value is -0.730. The Bertz CT molecular complexity index is 1110. The van der Waals surface area contributed by atoms with Crippen LogP contribution < -0.4 is 0 Å². The average molecular weight is 655 g/mol. The molecule has 0 aromatic carbocycles. The number of alkyl halides is 1. The molecule has 252 valence electrons. The van der Waals surface area contributed by atoms with Gasteiger partial charge in [-0.2, -0.15) is 0 Å². The lowest BCUT2D eigenvalue weighted by atomic mass is 9.43. The van der Waals surface area contributed by atoms with E-state index in [-0.39, 0.29) is 28.6 Å². The van der Waals surface area contributed by atoms with Gasteiger partial charge in [-0.05, 0) is 111 Å². The van der Waals surface area contributed by atoms with E-state index < -0.39 is 29.3 Å². The normalized spacial score (nSPS) is 37.1. The van der Waals surface area contributed by atoms with Crippen molar-refractivity contribution in [3.63, 3.8) is 0 Å². The number of halogens is 1. The predicted molar refractivity (Wildman–Crippen MR) is 180 cm³/mol. The third-order valence-electron chi connectivity index (χ3n) is 13.1. The molecule has 44 heavy (non-hydrogen) atoms. The first-order valence-electron chi connectivity index (χ1n) is 17.1. The summed E-state index contributed by atoms with van der Waals surface area (Å²) in [6, 6.07) is 0. The van der Waals surface area contributed by atoms with E-state index in [4.69, 9.17) is 9.84 Å². The van der Waals surface area contributed by atoms with Crippen molar-refractivity contribution in [2.45, 2.75) is 150 Å². The van der Waals surface area contributed by atoms with Crippen LogP contribution in [0.1, 0.15) is 132 Å². The van der Waals surface area contributed by atoms with Gasteiger partial charge in [-0.15, -0.1) is 0 Å². The van der Waals surface area contributed by atoms with Crippen LogP contribution in [0.15, 0.2) is 11.1 Å². The molecule has 2 saturated carbocycles. The van der Waals surface area contributed by atoms with Gasteiger partial charge in [0, 0.05) is 11.5 Å². The number of hydrogen-bond acceptors (Lipinski definition) is 6. The molecule has 0 radical (unpaired) electrons.